The summed E-state index contributed by atoms with van der Waals surface area (Å²) >= 11 is 0. The van der Waals surface area contributed by atoms with Gasteiger partial charge in [0, 0.05) is 7.05 Å². The van der Waals surface area contributed by atoms with E-state index < -0.39 is 6.09 Å². The molecule has 0 saturated carbocycles. The smallest absolute Gasteiger partial charge is 0.398 e. The summed E-state index contributed by atoms with van der Waals surface area (Å²) in [7, 11) is 2.22. The Morgan fingerprint density at radius 1 is 1.86 bits per heavy atom. The Labute approximate surface area is 41.3 Å². The van der Waals surface area contributed by atoms with E-state index in [2.05, 4.69) is 4.74 Å². The van der Waals surface area contributed by atoms with Crippen molar-refractivity contribution >= 4 is 6.09 Å². The van der Waals surface area contributed by atoms with Crippen LogP contribution < -0.4 is 0 Å². The Bertz CT molecular complexity index is 70.6. The van der Waals surface area contributed by atoms with Crippen molar-refractivity contribution in [1.82, 2.24) is 5.06 Å². The van der Waals surface area contributed by atoms with Gasteiger partial charge in [-0.15, -0.1) is 0 Å². The lowest BCUT2D eigenvalue weighted by Gasteiger charge is -2.18. The maximum absolute atomic E-state index is 9.90. The monoisotopic (exact) mass is 104 g/mol. The van der Waals surface area contributed by atoms with Crippen LogP contribution in [0.15, 0.2) is 0 Å². The highest BCUT2D eigenvalue weighted by molar-refractivity contribution is 5.67. The molecule has 0 bridgehead atoms. The lowest BCUT2D eigenvalue weighted by Crippen LogP contribution is -2.18. The average Bonchev–Trinajstić information content (AvgIpc) is 1.65. The van der Waals surface area contributed by atoms with E-state index in [4.69, 9.17) is 0 Å². The molecule has 4 nitrogen and oxygen atoms in total. The quantitative estimate of drug-likeness (QED) is 0.412. The molecular weight excluding hydrogens is 98.0 g/mol. The molecule has 0 N–H and O–H groups in total. The van der Waals surface area contributed by atoms with Crippen molar-refractivity contribution in [3.8, 4) is 0 Å². The van der Waals surface area contributed by atoms with Gasteiger partial charge < -0.3 is 15.0 Å². The first-order valence-electron chi connectivity index (χ1n) is 1.67. The second kappa shape index (κ2) is 2.41. The number of carbonyl (C=O) groups is 1. The summed E-state index contributed by atoms with van der Waals surface area (Å²) in [4.78, 5) is 9.90. The highest BCUT2D eigenvalue weighted by Crippen LogP contribution is 1.80. The van der Waals surface area contributed by atoms with Gasteiger partial charge in [-0.2, -0.15) is 0 Å². The zero-order valence-corrected chi connectivity index (χ0v) is 4.17. The molecule has 0 fully saturated rings. The molecule has 0 saturated heterocycles. The summed E-state index contributed by atoms with van der Waals surface area (Å²) in [5, 5.41) is 9.93. The van der Waals surface area contributed by atoms with Gasteiger partial charge in [0.15, 0.2) is 0 Å². The minimum Gasteiger partial charge on any atom is -0.754 e. The molecule has 4 heteroatoms. The van der Waals surface area contributed by atoms with Gasteiger partial charge in [0.05, 0.1) is 7.11 Å². The van der Waals surface area contributed by atoms with Gasteiger partial charge in [0.1, 0.15) is 0 Å². The van der Waals surface area contributed by atoms with Gasteiger partial charge in [-0.05, 0) is 0 Å². The largest absolute Gasteiger partial charge is 0.754 e. The highest BCUT2D eigenvalue weighted by Gasteiger charge is 1.91. The van der Waals surface area contributed by atoms with Crippen molar-refractivity contribution in [3.63, 3.8) is 0 Å². The minimum atomic E-state index is -0.875. The Kier molecular flexibility index (Phi) is 2.15. The van der Waals surface area contributed by atoms with E-state index in [0.29, 0.717) is 0 Å². The summed E-state index contributed by atoms with van der Waals surface area (Å²) in [5.74, 6) is 0. The maximum Gasteiger partial charge on any atom is 0.398 e. The molecule has 0 aliphatic rings. The molecule has 0 aromatic rings. The number of amides is 1. The van der Waals surface area contributed by atoms with Gasteiger partial charge in [-0.1, -0.05) is 0 Å². The fraction of sp³-hybridized carbons (Fsp3) is 0.667. The van der Waals surface area contributed by atoms with Crippen molar-refractivity contribution < 1.29 is 9.53 Å². The molecule has 0 aliphatic heterocycles. The van der Waals surface area contributed by atoms with E-state index in [1.165, 1.54) is 0 Å². The zero-order chi connectivity index (χ0) is 5.86. The third kappa shape index (κ3) is 1.99. The fourth-order valence-electron chi connectivity index (χ4n) is 0.129. The van der Waals surface area contributed by atoms with Gasteiger partial charge in [0.2, 0.25) is 0 Å². The van der Waals surface area contributed by atoms with Crippen LogP contribution in [0.25, 0.3) is 0 Å². The van der Waals surface area contributed by atoms with Gasteiger partial charge in [-0.3, -0.25) is 0 Å². The molecule has 42 valence electrons. The van der Waals surface area contributed by atoms with E-state index in [-0.39, 0.29) is 5.06 Å². The topological polar surface area (TPSA) is 52.6 Å². The molecule has 0 atom stereocenters. The van der Waals surface area contributed by atoms with Crippen LogP contribution >= 0.6 is 0 Å². The van der Waals surface area contributed by atoms with Crippen LogP contribution in [0, 0.1) is 5.21 Å². The third-order valence-corrected chi connectivity index (χ3v) is 0.432. The SMILES string of the molecule is COC(=O)N(C)[O-]. The van der Waals surface area contributed by atoms with Crippen molar-refractivity contribution in [1.29, 1.82) is 0 Å². The molecule has 0 spiro atoms. The minimum absolute atomic E-state index is 0.111. The highest BCUT2D eigenvalue weighted by atomic mass is 16.6. The van der Waals surface area contributed by atoms with E-state index in [1.54, 1.807) is 0 Å². The molecule has 0 radical (unpaired) electrons. The average molecular weight is 104 g/mol. The first-order valence-corrected chi connectivity index (χ1v) is 1.67. The molecule has 0 aliphatic carbocycles. The number of carbonyl (C=O) groups excluding carboxylic acids is 1. The Balaban J connectivity index is 3.35. The number of nitrogens with zero attached hydrogens (tertiary/aromatic N) is 1. The lowest BCUT2D eigenvalue weighted by molar-refractivity contribution is 0.147. The number of hydrogen-bond acceptors (Lipinski definition) is 3. The Hall–Kier alpha value is -0.770. The van der Waals surface area contributed by atoms with Crippen LogP contribution in [-0.2, 0) is 4.74 Å². The van der Waals surface area contributed by atoms with Gasteiger partial charge >= 0.3 is 6.09 Å². The normalized spacial score (nSPS) is 7.86. The third-order valence-electron chi connectivity index (χ3n) is 0.432. The van der Waals surface area contributed by atoms with Crippen molar-refractivity contribution in [2.75, 3.05) is 14.2 Å². The first kappa shape index (κ1) is 6.23. The van der Waals surface area contributed by atoms with Crippen LogP contribution in [0.5, 0.6) is 0 Å². The molecule has 0 heterocycles. The van der Waals surface area contributed by atoms with Crippen LogP contribution in [0.2, 0.25) is 0 Å². The van der Waals surface area contributed by atoms with E-state index in [1.807, 2.05) is 0 Å². The first-order chi connectivity index (χ1) is 3.18. The molecular formula is C3H6NO3-. The van der Waals surface area contributed by atoms with E-state index in [9.17, 15) is 10.0 Å². The van der Waals surface area contributed by atoms with Gasteiger partial charge in [-0.25, -0.2) is 4.79 Å². The number of hydrogen-bond donors (Lipinski definition) is 0. The van der Waals surface area contributed by atoms with Crippen LogP contribution in [0.1, 0.15) is 0 Å². The van der Waals surface area contributed by atoms with E-state index >= 15 is 0 Å². The lowest BCUT2D eigenvalue weighted by atomic mass is 11.1. The number of ether oxygens (including phenoxy) is 1. The molecule has 7 heavy (non-hydrogen) atoms. The number of methoxy groups -OCH3 is 1. The second-order valence-corrected chi connectivity index (χ2v) is 0.967. The predicted molar refractivity (Wildman–Crippen MR) is 23.5 cm³/mol. The standard InChI is InChI=1S/C3H6NO3/c1-4(6)3(5)7-2/h1-2H3/q-1. The van der Waals surface area contributed by atoms with Gasteiger partial charge in [0.25, 0.3) is 0 Å². The molecule has 0 aromatic carbocycles. The van der Waals surface area contributed by atoms with Crippen LogP contribution in [0.4, 0.5) is 4.79 Å². The Morgan fingerprint density at radius 2 is 2.29 bits per heavy atom. The summed E-state index contributed by atoms with van der Waals surface area (Å²) in [6.45, 7) is 0. The number of hydroxylamine groups is 2. The summed E-state index contributed by atoms with van der Waals surface area (Å²) in [5.41, 5.74) is 0. The number of rotatable bonds is 0. The van der Waals surface area contributed by atoms with Crippen LogP contribution in [0.3, 0.4) is 0 Å². The van der Waals surface area contributed by atoms with Crippen molar-refractivity contribution in [2.24, 2.45) is 0 Å². The second-order valence-electron chi connectivity index (χ2n) is 0.967. The Morgan fingerprint density at radius 3 is 2.29 bits per heavy atom. The molecule has 0 unspecified atom stereocenters. The zero-order valence-electron chi connectivity index (χ0n) is 4.17. The van der Waals surface area contributed by atoms with E-state index in [0.717, 1.165) is 14.2 Å². The summed E-state index contributed by atoms with van der Waals surface area (Å²) in [6, 6.07) is 0. The van der Waals surface area contributed by atoms with Crippen molar-refractivity contribution in [2.45, 2.75) is 0 Å². The van der Waals surface area contributed by atoms with Crippen molar-refractivity contribution in [3.05, 3.63) is 5.21 Å². The summed E-state index contributed by atoms with van der Waals surface area (Å²) < 4.78 is 3.99. The fourth-order valence-corrected chi connectivity index (χ4v) is 0.129. The van der Waals surface area contributed by atoms with Crippen LogP contribution in [-0.4, -0.2) is 25.3 Å². The predicted octanol–water partition coefficient (Wildman–Crippen LogP) is 0.182. The molecule has 0 rings (SSSR count). The molecule has 0 aromatic heterocycles. The summed E-state index contributed by atoms with van der Waals surface area (Å²) in [6.07, 6.45) is -0.875. The maximum atomic E-state index is 9.90. The molecule has 1 amide bonds.